The summed E-state index contributed by atoms with van der Waals surface area (Å²) in [6.45, 7) is 11.3. The van der Waals surface area contributed by atoms with Crippen molar-refractivity contribution in [1.29, 1.82) is 0 Å². The lowest BCUT2D eigenvalue weighted by Gasteiger charge is -2.38. The zero-order chi connectivity index (χ0) is 14.2. The molecule has 0 aromatic rings. The molecular weight excluding hydrogens is 244 g/mol. The van der Waals surface area contributed by atoms with E-state index in [0.717, 1.165) is 23.9 Å². The van der Waals surface area contributed by atoms with E-state index in [2.05, 4.69) is 31.0 Å². The highest BCUT2D eigenvalue weighted by molar-refractivity contribution is 4.90. The van der Waals surface area contributed by atoms with E-state index in [9.17, 15) is 0 Å². The van der Waals surface area contributed by atoms with E-state index in [1.807, 2.05) is 0 Å². The first kappa shape index (κ1) is 14.8. The van der Waals surface area contributed by atoms with E-state index in [4.69, 9.17) is 0 Å². The average Bonchev–Trinajstić information content (AvgIpc) is 2.72. The third-order valence-electron chi connectivity index (χ3n) is 6.20. The second kappa shape index (κ2) is 5.96. The van der Waals surface area contributed by atoms with Crippen LogP contribution >= 0.6 is 0 Å². The molecule has 0 spiro atoms. The molecule has 0 amide bonds. The van der Waals surface area contributed by atoms with Crippen molar-refractivity contribution in [3.05, 3.63) is 0 Å². The van der Waals surface area contributed by atoms with Crippen molar-refractivity contribution in [1.82, 2.24) is 10.2 Å². The number of likely N-dealkylation sites (tertiary alicyclic amines) is 1. The molecule has 2 heterocycles. The summed E-state index contributed by atoms with van der Waals surface area (Å²) in [5.74, 6) is 1.94. The highest BCUT2D eigenvalue weighted by Gasteiger charge is 2.33. The van der Waals surface area contributed by atoms with Gasteiger partial charge in [0, 0.05) is 25.2 Å². The fourth-order valence-corrected chi connectivity index (χ4v) is 4.76. The molecule has 2 saturated heterocycles. The Morgan fingerprint density at radius 1 is 0.900 bits per heavy atom. The number of hydrogen-bond acceptors (Lipinski definition) is 2. The minimum Gasteiger partial charge on any atom is -0.310 e. The molecule has 3 fully saturated rings. The molecule has 0 aromatic carbocycles. The predicted molar refractivity (Wildman–Crippen MR) is 85.9 cm³/mol. The third kappa shape index (κ3) is 3.57. The Morgan fingerprint density at radius 3 is 2.30 bits per heavy atom. The van der Waals surface area contributed by atoms with Crippen molar-refractivity contribution in [2.45, 2.75) is 77.8 Å². The first-order valence-corrected chi connectivity index (χ1v) is 8.99. The lowest BCUT2D eigenvalue weighted by atomic mass is 9.70. The summed E-state index contributed by atoms with van der Waals surface area (Å²) in [5, 5.41) is 3.81. The van der Waals surface area contributed by atoms with Crippen LogP contribution in [0.15, 0.2) is 0 Å². The third-order valence-corrected chi connectivity index (χ3v) is 6.20. The van der Waals surface area contributed by atoms with Crippen LogP contribution < -0.4 is 5.32 Å². The van der Waals surface area contributed by atoms with Crippen LogP contribution in [-0.2, 0) is 0 Å². The van der Waals surface area contributed by atoms with Crippen molar-refractivity contribution in [3.63, 3.8) is 0 Å². The summed E-state index contributed by atoms with van der Waals surface area (Å²) < 4.78 is 0. The minimum atomic E-state index is 0.524. The Labute approximate surface area is 125 Å². The Hall–Kier alpha value is -0.0800. The van der Waals surface area contributed by atoms with Crippen molar-refractivity contribution >= 4 is 0 Å². The van der Waals surface area contributed by atoms with Gasteiger partial charge in [0.1, 0.15) is 0 Å². The molecule has 2 nitrogen and oxygen atoms in total. The quantitative estimate of drug-likeness (QED) is 0.829. The van der Waals surface area contributed by atoms with Crippen LogP contribution in [0, 0.1) is 17.3 Å². The first-order chi connectivity index (χ1) is 9.50. The second-order valence-corrected chi connectivity index (χ2v) is 8.77. The molecule has 20 heavy (non-hydrogen) atoms. The Kier molecular flexibility index (Phi) is 4.42. The number of nitrogens with one attached hydrogen (secondary N) is 1. The van der Waals surface area contributed by atoms with Crippen LogP contribution in [0.25, 0.3) is 0 Å². The fraction of sp³-hybridized carbons (Fsp3) is 1.00. The zero-order valence-corrected chi connectivity index (χ0v) is 13.8. The molecule has 1 saturated carbocycles. The summed E-state index contributed by atoms with van der Waals surface area (Å²) in [6, 6.07) is 1.63. The van der Waals surface area contributed by atoms with E-state index in [-0.39, 0.29) is 0 Å². The van der Waals surface area contributed by atoms with Crippen molar-refractivity contribution in [2.75, 3.05) is 19.6 Å². The largest absolute Gasteiger partial charge is 0.310 e. The van der Waals surface area contributed by atoms with Gasteiger partial charge >= 0.3 is 0 Å². The fourth-order valence-electron chi connectivity index (χ4n) is 4.76. The maximum absolute atomic E-state index is 3.81. The van der Waals surface area contributed by atoms with E-state index in [1.54, 1.807) is 0 Å². The monoisotopic (exact) mass is 278 g/mol. The lowest BCUT2D eigenvalue weighted by Crippen LogP contribution is -2.39. The van der Waals surface area contributed by atoms with E-state index in [0.29, 0.717) is 5.41 Å². The smallest absolute Gasteiger partial charge is 0.0198 e. The molecule has 2 unspecified atom stereocenters. The highest BCUT2D eigenvalue weighted by atomic mass is 15.2. The minimum absolute atomic E-state index is 0.524. The summed E-state index contributed by atoms with van der Waals surface area (Å²) in [4.78, 5) is 2.78. The van der Waals surface area contributed by atoms with Crippen LogP contribution in [0.3, 0.4) is 0 Å². The molecule has 3 aliphatic rings. The van der Waals surface area contributed by atoms with Gasteiger partial charge in [-0.15, -0.1) is 0 Å². The first-order valence-electron chi connectivity index (χ1n) is 8.99. The molecule has 2 heteroatoms. The van der Waals surface area contributed by atoms with Crippen LogP contribution in [0.1, 0.15) is 65.7 Å². The zero-order valence-electron chi connectivity index (χ0n) is 13.8. The van der Waals surface area contributed by atoms with Crippen molar-refractivity contribution < 1.29 is 0 Å². The van der Waals surface area contributed by atoms with Gasteiger partial charge in [0.2, 0.25) is 0 Å². The standard InChI is InChI=1S/C18H34N2/c1-18(2,3)15-6-4-14(5-7-15)12-20-11-10-16-8-9-17(13-20)19-16/h14-17,19H,4-13H2,1-3H3. The summed E-state index contributed by atoms with van der Waals surface area (Å²) in [6.07, 6.45) is 10.1. The maximum atomic E-state index is 3.81. The molecule has 116 valence electrons. The Balaban J connectivity index is 1.45. The molecule has 3 rings (SSSR count). The topological polar surface area (TPSA) is 15.3 Å². The Morgan fingerprint density at radius 2 is 1.60 bits per heavy atom. The van der Waals surface area contributed by atoms with Crippen molar-refractivity contribution in [3.8, 4) is 0 Å². The second-order valence-electron chi connectivity index (χ2n) is 8.77. The van der Waals surface area contributed by atoms with E-state index < -0.39 is 0 Å². The molecule has 2 atom stereocenters. The van der Waals surface area contributed by atoms with Gasteiger partial charge in [-0.25, -0.2) is 0 Å². The van der Waals surface area contributed by atoms with Gasteiger partial charge in [-0.3, -0.25) is 0 Å². The summed E-state index contributed by atoms with van der Waals surface area (Å²) >= 11 is 0. The number of rotatable bonds is 2. The molecule has 0 aromatic heterocycles. The predicted octanol–water partition coefficient (Wildman–Crippen LogP) is 3.67. The molecule has 1 N–H and O–H groups in total. The molecule has 1 aliphatic carbocycles. The van der Waals surface area contributed by atoms with Crippen LogP contribution in [0.5, 0.6) is 0 Å². The van der Waals surface area contributed by atoms with E-state index in [1.165, 1.54) is 64.6 Å². The van der Waals surface area contributed by atoms with Gasteiger partial charge < -0.3 is 10.2 Å². The maximum Gasteiger partial charge on any atom is 0.0198 e. The molecule has 0 radical (unpaired) electrons. The van der Waals surface area contributed by atoms with Gasteiger partial charge in [-0.1, -0.05) is 20.8 Å². The highest BCUT2D eigenvalue weighted by Crippen LogP contribution is 2.40. The summed E-state index contributed by atoms with van der Waals surface area (Å²) in [7, 11) is 0. The summed E-state index contributed by atoms with van der Waals surface area (Å²) in [5.41, 5.74) is 0.524. The van der Waals surface area contributed by atoms with Gasteiger partial charge in [0.05, 0.1) is 0 Å². The van der Waals surface area contributed by atoms with E-state index >= 15 is 0 Å². The van der Waals surface area contributed by atoms with Crippen LogP contribution in [0.4, 0.5) is 0 Å². The van der Waals surface area contributed by atoms with Gasteiger partial charge in [-0.2, -0.15) is 0 Å². The number of nitrogens with zero attached hydrogens (tertiary/aromatic N) is 1. The van der Waals surface area contributed by atoms with Crippen molar-refractivity contribution in [2.24, 2.45) is 17.3 Å². The number of fused-ring (bicyclic) bond motifs is 2. The average molecular weight is 278 g/mol. The molecular formula is C18H34N2. The SMILES string of the molecule is CC(C)(C)C1CCC(CN2CCC3CCC(C2)N3)CC1. The Bertz CT molecular complexity index is 312. The van der Waals surface area contributed by atoms with Crippen LogP contribution in [0.2, 0.25) is 0 Å². The molecule has 2 bridgehead atoms. The normalized spacial score (nSPS) is 39.8. The van der Waals surface area contributed by atoms with Gasteiger partial charge in [0.25, 0.3) is 0 Å². The number of hydrogen-bond donors (Lipinski definition) is 1. The lowest BCUT2D eigenvalue weighted by molar-refractivity contribution is 0.122. The van der Waals surface area contributed by atoms with Gasteiger partial charge in [0.15, 0.2) is 0 Å². The van der Waals surface area contributed by atoms with Crippen LogP contribution in [-0.4, -0.2) is 36.6 Å². The molecule has 2 aliphatic heterocycles. The van der Waals surface area contributed by atoms with Gasteiger partial charge in [-0.05, 0) is 68.7 Å².